The fraction of sp³-hybridized carbons (Fsp3) is 0.412. The fourth-order valence-corrected chi connectivity index (χ4v) is 2.88. The summed E-state index contributed by atoms with van der Waals surface area (Å²) in [4.78, 5) is 13.8. The number of rotatable bonds is 2. The number of nitrogens with zero attached hydrogens (tertiary/aromatic N) is 4. The maximum Gasteiger partial charge on any atom is 0.0887 e. The average molecular weight is 282 g/mol. The minimum atomic E-state index is 0.508. The Bertz CT molecular complexity index is 581. The van der Waals surface area contributed by atoms with Gasteiger partial charge in [0, 0.05) is 31.4 Å². The van der Waals surface area contributed by atoms with Crippen LogP contribution in [-0.4, -0.2) is 47.1 Å². The Labute approximate surface area is 126 Å². The van der Waals surface area contributed by atoms with Crippen LogP contribution in [0.4, 0.5) is 5.69 Å². The highest BCUT2D eigenvalue weighted by molar-refractivity contribution is 5.57. The summed E-state index contributed by atoms with van der Waals surface area (Å²) in [7, 11) is 2.20. The van der Waals surface area contributed by atoms with Gasteiger partial charge in [0.25, 0.3) is 0 Å². The van der Waals surface area contributed by atoms with Crippen molar-refractivity contribution in [3.05, 3.63) is 42.7 Å². The van der Waals surface area contributed by atoms with E-state index >= 15 is 0 Å². The second-order valence-corrected chi connectivity index (χ2v) is 5.91. The number of piperazine rings is 1. The molecule has 3 rings (SSSR count). The van der Waals surface area contributed by atoms with Crippen LogP contribution in [-0.2, 0) is 0 Å². The lowest BCUT2D eigenvalue weighted by molar-refractivity contribution is 0.206. The van der Waals surface area contributed by atoms with E-state index in [1.165, 1.54) is 5.69 Å². The first-order valence-electron chi connectivity index (χ1n) is 7.49. The number of aromatic nitrogens is 2. The van der Waals surface area contributed by atoms with Gasteiger partial charge in [-0.15, -0.1) is 0 Å². The molecule has 0 saturated carbocycles. The molecule has 3 heterocycles. The molecular formula is C17H22N4. The van der Waals surface area contributed by atoms with E-state index < -0.39 is 0 Å². The molecule has 1 saturated heterocycles. The Morgan fingerprint density at radius 2 is 1.76 bits per heavy atom. The molecule has 1 aliphatic heterocycles. The maximum atomic E-state index is 4.58. The van der Waals surface area contributed by atoms with Gasteiger partial charge in [-0.05, 0) is 45.2 Å². The van der Waals surface area contributed by atoms with Crippen molar-refractivity contribution in [1.29, 1.82) is 0 Å². The first-order valence-corrected chi connectivity index (χ1v) is 7.49. The molecule has 21 heavy (non-hydrogen) atoms. The van der Waals surface area contributed by atoms with E-state index in [1.807, 2.05) is 24.4 Å². The van der Waals surface area contributed by atoms with Crippen molar-refractivity contribution in [3.63, 3.8) is 0 Å². The normalized spacial score (nSPS) is 23.3. The van der Waals surface area contributed by atoms with E-state index in [0.717, 1.165) is 24.5 Å². The summed E-state index contributed by atoms with van der Waals surface area (Å²) in [5.41, 5.74) is 3.04. The predicted octanol–water partition coefficient (Wildman–Crippen LogP) is 2.67. The monoisotopic (exact) mass is 282 g/mol. The molecule has 2 aromatic heterocycles. The average Bonchev–Trinajstić information content (AvgIpc) is 2.52. The predicted molar refractivity (Wildman–Crippen MR) is 86.4 cm³/mol. The number of hydrogen-bond acceptors (Lipinski definition) is 4. The van der Waals surface area contributed by atoms with Crippen LogP contribution in [0, 0.1) is 0 Å². The Hall–Kier alpha value is -1.94. The molecule has 2 unspecified atom stereocenters. The third-order valence-corrected chi connectivity index (χ3v) is 4.30. The van der Waals surface area contributed by atoms with Gasteiger partial charge in [-0.1, -0.05) is 6.07 Å². The van der Waals surface area contributed by atoms with E-state index in [-0.39, 0.29) is 0 Å². The molecule has 0 amide bonds. The van der Waals surface area contributed by atoms with Crippen LogP contribution >= 0.6 is 0 Å². The van der Waals surface area contributed by atoms with Crippen molar-refractivity contribution in [2.24, 2.45) is 0 Å². The summed E-state index contributed by atoms with van der Waals surface area (Å²) >= 11 is 0. The molecule has 1 aliphatic rings. The summed E-state index contributed by atoms with van der Waals surface area (Å²) in [6.45, 7) is 6.68. The SMILES string of the molecule is CC1CN(c2ccc(-c3ccccn3)nc2)C(C)CN1C. The largest absolute Gasteiger partial charge is 0.365 e. The van der Waals surface area contributed by atoms with Crippen molar-refractivity contribution < 1.29 is 0 Å². The van der Waals surface area contributed by atoms with Crippen LogP contribution in [0.3, 0.4) is 0 Å². The molecule has 0 aliphatic carbocycles. The van der Waals surface area contributed by atoms with Gasteiger partial charge in [0.1, 0.15) is 0 Å². The number of hydrogen-bond donors (Lipinski definition) is 0. The molecule has 0 spiro atoms. The third kappa shape index (κ3) is 2.90. The second-order valence-electron chi connectivity index (χ2n) is 5.91. The molecule has 2 aromatic rings. The van der Waals surface area contributed by atoms with Crippen LogP contribution in [0.15, 0.2) is 42.7 Å². The van der Waals surface area contributed by atoms with Crippen LogP contribution in [0.1, 0.15) is 13.8 Å². The van der Waals surface area contributed by atoms with E-state index in [1.54, 1.807) is 6.20 Å². The molecule has 0 aromatic carbocycles. The van der Waals surface area contributed by atoms with Crippen LogP contribution in [0.2, 0.25) is 0 Å². The molecule has 4 heteroatoms. The van der Waals surface area contributed by atoms with Gasteiger partial charge in [-0.25, -0.2) is 0 Å². The van der Waals surface area contributed by atoms with Crippen LogP contribution in [0.25, 0.3) is 11.4 Å². The minimum absolute atomic E-state index is 0.508. The number of pyridine rings is 2. The zero-order valence-corrected chi connectivity index (χ0v) is 12.9. The lowest BCUT2D eigenvalue weighted by atomic mass is 10.1. The van der Waals surface area contributed by atoms with Gasteiger partial charge in [0.15, 0.2) is 0 Å². The number of anilines is 1. The second kappa shape index (κ2) is 5.82. The molecule has 1 fully saturated rings. The summed E-state index contributed by atoms with van der Waals surface area (Å²) in [6, 6.07) is 11.2. The third-order valence-electron chi connectivity index (χ3n) is 4.30. The molecule has 2 atom stereocenters. The molecule has 4 nitrogen and oxygen atoms in total. The highest BCUT2D eigenvalue weighted by Crippen LogP contribution is 2.23. The van der Waals surface area contributed by atoms with Crippen molar-refractivity contribution in [2.75, 3.05) is 25.0 Å². The first kappa shape index (κ1) is 14.0. The van der Waals surface area contributed by atoms with Gasteiger partial charge in [-0.3, -0.25) is 14.9 Å². The Morgan fingerprint density at radius 3 is 2.43 bits per heavy atom. The highest BCUT2D eigenvalue weighted by Gasteiger charge is 2.26. The lowest BCUT2D eigenvalue weighted by Crippen LogP contribution is -2.55. The number of likely N-dealkylation sites (N-methyl/N-ethyl adjacent to an activating group) is 1. The molecule has 0 bridgehead atoms. The fourth-order valence-electron chi connectivity index (χ4n) is 2.88. The molecule has 0 radical (unpaired) electrons. The quantitative estimate of drug-likeness (QED) is 0.847. The Balaban J connectivity index is 1.81. The highest BCUT2D eigenvalue weighted by atomic mass is 15.3. The zero-order valence-electron chi connectivity index (χ0n) is 12.9. The topological polar surface area (TPSA) is 32.3 Å². The molecular weight excluding hydrogens is 260 g/mol. The van der Waals surface area contributed by atoms with Gasteiger partial charge >= 0.3 is 0 Å². The summed E-state index contributed by atoms with van der Waals surface area (Å²) in [5.74, 6) is 0. The van der Waals surface area contributed by atoms with E-state index in [2.05, 4.69) is 52.8 Å². The standard InChI is InChI=1S/C17H22N4/c1-13-12-21(14(2)11-20(13)3)15-7-8-17(19-10-15)16-6-4-5-9-18-16/h4-10,13-14H,11-12H2,1-3H3. The van der Waals surface area contributed by atoms with Crippen LogP contribution < -0.4 is 4.90 Å². The van der Waals surface area contributed by atoms with Crippen molar-refractivity contribution in [3.8, 4) is 11.4 Å². The van der Waals surface area contributed by atoms with Gasteiger partial charge in [-0.2, -0.15) is 0 Å². The van der Waals surface area contributed by atoms with E-state index in [9.17, 15) is 0 Å². The minimum Gasteiger partial charge on any atom is -0.365 e. The maximum absolute atomic E-state index is 4.58. The Morgan fingerprint density at radius 1 is 0.952 bits per heavy atom. The smallest absolute Gasteiger partial charge is 0.0887 e. The first-order chi connectivity index (χ1) is 10.1. The molecule has 0 N–H and O–H groups in total. The zero-order chi connectivity index (χ0) is 14.8. The van der Waals surface area contributed by atoms with Gasteiger partial charge < -0.3 is 4.90 Å². The Kier molecular flexibility index (Phi) is 3.88. The summed E-state index contributed by atoms with van der Waals surface area (Å²) in [5, 5.41) is 0. The van der Waals surface area contributed by atoms with Gasteiger partial charge in [0.2, 0.25) is 0 Å². The van der Waals surface area contributed by atoms with E-state index in [0.29, 0.717) is 12.1 Å². The summed E-state index contributed by atoms with van der Waals surface area (Å²) < 4.78 is 0. The van der Waals surface area contributed by atoms with Crippen molar-refractivity contribution in [2.45, 2.75) is 25.9 Å². The summed E-state index contributed by atoms with van der Waals surface area (Å²) in [6.07, 6.45) is 3.77. The van der Waals surface area contributed by atoms with Gasteiger partial charge in [0.05, 0.1) is 23.3 Å². The van der Waals surface area contributed by atoms with E-state index in [4.69, 9.17) is 0 Å². The van der Waals surface area contributed by atoms with Crippen molar-refractivity contribution >= 4 is 5.69 Å². The molecule has 110 valence electrons. The van der Waals surface area contributed by atoms with Crippen molar-refractivity contribution in [1.82, 2.24) is 14.9 Å². The lowest BCUT2D eigenvalue weighted by Gasteiger charge is -2.43. The van der Waals surface area contributed by atoms with Crippen LogP contribution in [0.5, 0.6) is 0 Å².